The van der Waals surface area contributed by atoms with E-state index in [0.29, 0.717) is 17.1 Å². The summed E-state index contributed by atoms with van der Waals surface area (Å²) in [5, 5.41) is 11.3. The van der Waals surface area contributed by atoms with Crippen molar-refractivity contribution in [1.29, 1.82) is 0 Å². The SMILES string of the molecule is CCCCNc1nc(NCCN2CCOCC2)c2nc(SCC)c(NCCN3CCOCC3)nc2n1. The van der Waals surface area contributed by atoms with Crippen molar-refractivity contribution in [3.05, 3.63) is 0 Å². The Morgan fingerprint density at radius 1 is 0.750 bits per heavy atom. The summed E-state index contributed by atoms with van der Waals surface area (Å²) in [6.45, 7) is 15.7. The molecule has 0 aliphatic carbocycles. The predicted molar refractivity (Wildman–Crippen MR) is 146 cm³/mol. The Hall–Kier alpha value is -1.99. The van der Waals surface area contributed by atoms with Gasteiger partial charge in [0.25, 0.3) is 0 Å². The van der Waals surface area contributed by atoms with Crippen LogP contribution in [0.1, 0.15) is 26.7 Å². The van der Waals surface area contributed by atoms with Crippen LogP contribution in [0.5, 0.6) is 0 Å². The zero-order valence-corrected chi connectivity index (χ0v) is 22.5. The van der Waals surface area contributed by atoms with Gasteiger partial charge in [0.2, 0.25) is 5.95 Å². The van der Waals surface area contributed by atoms with E-state index in [4.69, 9.17) is 29.4 Å². The Balaban J connectivity index is 1.52. The van der Waals surface area contributed by atoms with E-state index < -0.39 is 0 Å². The monoisotopic (exact) mass is 519 g/mol. The zero-order valence-electron chi connectivity index (χ0n) is 21.7. The predicted octanol–water partition coefficient (Wildman–Crippen LogP) is 2.23. The van der Waals surface area contributed by atoms with Gasteiger partial charge in [0, 0.05) is 58.9 Å². The van der Waals surface area contributed by atoms with E-state index in [-0.39, 0.29) is 0 Å². The lowest BCUT2D eigenvalue weighted by molar-refractivity contribution is 0.0398. The number of hydrogen-bond acceptors (Lipinski definition) is 12. The highest BCUT2D eigenvalue weighted by atomic mass is 32.2. The van der Waals surface area contributed by atoms with Crippen LogP contribution in [0.2, 0.25) is 0 Å². The normalized spacial score (nSPS) is 17.4. The van der Waals surface area contributed by atoms with Crippen LogP contribution in [-0.4, -0.2) is 121 Å². The number of unbranched alkanes of at least 4 members (excludes halogenated alkanes) is 1. The molecule has 2 aromatic rings. The number of aromatic nitrogens is 4. The van der Waals surface area contributed by atoms with Crippen molar-refractivity contribution in [3.63, 3.8) is 0 Å². The molecule has 0 aromatic carbocycles. The number of morpholine rings is 2. The molecule has 4 rings (SSSR count). The van der Waals surface area contributed by atoms with Crippen LogP contribution in [0.15, 0.2) is 5.03 Å². The maximum absolute atomic E-state index is 5.47. The molecule has 3 N–H and O–H groups in total. The van der Waals surface area contributed by atoms with Crippen molar-refractivity contribution in [2.24, 2.45) is 0 Å². The van der Waals surface area contributed by atoms with Gasteiger partial charge in [0.15, 0.2) is 22.8 Å². The van der Waals surface area contributed by atoms with Crippen molar-refractivity contribution in [3.8, 4) is 0 Å². The van der Waals surface area contributed by atoms with Crippen molar-refractivity contribution >= 4 is 40.5 Å². The standard InChI is InChI=1S/C24H41N9O2S/c1-3-5-6-27-24-30-20(25-7-9-32-11-15-34-16-12-32)19-21(31-24)29-22(23(28-19)36-4-2)26-8-10-33-13-17-35-18-14-33/h3-18H2,1-2H3,(H3,25,26,27,29,30,31). The molecule has 2 aliphatic heterocycles. The lowest BCUT2D eigenvalue weighted by Crippen LogP contribution is -2.39. The first-order valence-corrected chi connectivity index (χ1v) is 14.3. The van der Waals surface area contributed by atoms with Crippen LogP contribution in [-0.2, 0) is 9.47 Å². The average molecular weight is 520 g/mol. The Labute approximate surface area is 218 Å². The molecular formula is C24H41N9O2S. The Morgan fingerprint density at radius 2 is 1.39 bits per heavy atom. The van der Waals surface area contributed by atoms with Crippen LogP contribution in [0.25, 0.3) is 11.2 Å². The van der Waals surface area contributed by atoms with Gasteiger partial charge in [-0.1, -0.05) is 20.3 Å². The smallest absolute Gasteiger partial charge is 0.226 e. The molecule has 200 valence electrons. The van der Waals surface area contributed by atoms with E-state index in [1.54, 1.807) is 11.8 Å². The second-order valence-electron chi connectivity index (χ2n) is 8.92. The largest absolute Gasteiger partial charge is 0.379 e. The van der Waals surface area contributed by atoms with Gasteiger partial charge in [-0.3, -0.25) is 9.80 Å². The van der Waals surface area contributed by atoms with E-state index >= 15 is 0 Å². The van der Waals surface area contributed by atoms with E-state index in [2.05, 4.69) is 39.6 Å². The maximum atomic E-state index is 5.47. The molecule has 36 heavy (non-hydrogen) atoms. The van der Waals surface area contributed by atoms with E-state index in [1.807, 2.05) is 0 Å². The first-order chi connectivity index (χ1) is 17.8. The summed E-state index contributed by atoms with van der Waals surface area (Å²) in [6.07, 6.45) is 2.17. The number of thioether (sulfide) groups is 1. The van der Waals surface area contributed by atoms with Crippen molar-refractivity contribution in [1.82, 2.24) is 29.7 Å². The lowest BCUT2D eigenvalue weighted by atomic mass is 10.3. The third kappa shape index (κ3) is 8.01. The summed E-state index contributed by atoms with van der Waals surface area (Å²) in [4.78, 5) is 24.2. The minimum Gasteiger partial charge on any atom is -0.379 e. The van der Waals surface area contributed by atoms with Crippen LogP contribution >= 0.6 is 11.8 Å². The van der Waals surface area contributed by atoms with Crippen LogP contribution < -0.4 is 16.0 Å². The molecule has 0 radical (unpaired) electrons. The molecule has 4 heterocycles. The van der Waals surface area contributed by atoms with Crippen molar-refractivity contribution in [2.75, 3.05) is 107 Å². The van der Waals surface area contributed by atoms with Gasteiger partial charge in [-0.2, -0.15) is 9.97 Å². The van der Waals surface area contributed by atoms with Crippen molar-refractivity contribution in [2.45, 2.75) is 31.7 Å². The topological polar surface area (TPSA) is 113 Å². The van der Waals surface area contributed by atoms with Gasteiger partial charge >= 0.3 is 0 Å². The molecule has 0 unspecified atom stereocenters. The van der Waals surface area contributed by atoms with Gasteiger partial charge in [-0.15, -0.1) is 11.8 Å². The molecule has 2 saturated heterocycles. The number of nitrogens with one attached hydrogen (secondary N) is 3. The van der Waals surface area contributed by atoms with E-state index in [0.717, 1.165) is 121 Å². The molecule has 0 amide bonds. The lowest BCUT2D eigenvalue weighted by Gasteiger charge is -2.26. The summed E-state index contributed by atoms with van der Waals surface area (Å²) in [5.74, 6) is 3.03. The number of ether oxygens (including phenoxy) is 2. The van der Waals surface area contributed by atoms with Crippen molar-refractivity contribution < 1.29 is 9.47 Å². The molecule has 0 saturated carbocycles. The van der Waals surface area contributed by atoms with Crippen LogP contribution in [0, 0.1) is 0 Å². The Bertz CT molecular complexity index is 939. The molecular weight excluding hydrogens is 478 g/mol. The summed E-state index contributed by atoms with van der Waals surface area (Å²) < 4.78 is 10.9. The minimum absolute atomic E-state index is 0.592. The Kier molecular flexibility index (Phi) is 11.0. The molecule has 2 fully saturated rings. The summed E-state index contributed by atoms with van der Waals surface area (Å²) >= 11 is 1.69. The molecule has 2 aliphatic rings. The highest BCUT2D eigenvalue weighted by Gasteiger charge is 2.17. The van der Waals surface area contributed by atoms with E-state index in [1.165, 1.54) is 0 Å². The fourth-order valence-electron chi connectivity index (χ4n) is 4.18. The van der Waals surface area contributed by atoms with Crippen LogP contribution in [0.4, 0.5) is 17.6 Å². The third-order valence-corrected chi connectivity index (χ3v) is 7.09. The fourth-order valence-corrected chi connectivity index (χ4v) is 4.86. The number of rotatable bonds is 14. The first kappa shape index (κ1) is 27.1. The summed E-state index contributed by atoms with van der Waals surface area (Å²) in [7, 11) is 0. The van der Waals surface area contributed by atoms with Gasteiger partial charge in [0.1, 0.15) is 5.03 Å². The molecule has 0 bridgehead atoms. The highest BCUT2D eigenvalue weighted by molar-refractivity contribution is 7.99. The van der Waals surface area contributed by atoms with Gasteiger partial charge in [-0.05, 0) is 12.2 Å². The Morgan fingerprint density at radius 3 is 2.00 bits per heavy atom. The molecule has 2 aromatic heterocycles. The maximum Gasteiger partial charge on any atom is 0.226 e. The number of nitrogens with zero attached hydrogens (tertiary/aromatic N) is 6. The first-order valence-electron chi connectivity index (χ1n) is 13.3. The zero-order chi connectivity index (χ0) is 25.0. The second-order valence-corrected chi connectivity index (χ2v) is 10.2. The molecule has 0 spiro atoms. The number of fused-ring (bicyclic) bond motifs is 1. The van der Waals surface area contributed by atoms with Crippen LogP contribution in [0.3, 0.4) is 0 Å². The minimum atomic E-state index is 0.592. The quantitative estimate of drug-likeness (QED) is 0.251. The second kappa shape index (κ2) is 14.7. The van der Waals surface area contributed by atoms with Gasteiger partial charge in [-0.25, -0.2) is 9.97 Å². The number of hydrogen-bond donors (Lipinski definition) is 3. The highest BCUT2D eigenvalue weighted by Crippen LogP contribution is 2.28. The van der Waals surface area contributed by atoms with E-state index in [9.17, 15) is 0 Å². The van der Waals surface area contributed by atoms with Gasteiger partial charge < -0.3 is 25.4 Å². The average Bonchev–Trinajstić information content (AvgIpc) is 2.91. The van der Waals surface area contributed by atoms with Gasteiger partial charge in [0.05, 0.1) is 26.4 Å². The third-order valence-electron chi connectivity index (χ3n) is 6.24. The molecule has 12 heteroatoms. The summed E-state index contributed by atoms with van der Waals surface area (Å²) in [5.41, 5.74) is 1.32. The molecule has 11 nitrogen and oxygen atoms in total. The molecule has 0 atom stereocenters. The fraction of sp³-hybridized carbons (Fsp3) is 0.750. The summed E-state index contributed by atoms with van der Waals surface area (Å²) in [6, 6.07) is 0. The number of anilines is 3.